The Morgan fingerprint density at radius 1 is 1.17 bits per heavy atom. The average Bonchev–Trinajstić information content (AvgIpc) is 3.40. The molecule has 0 bridgehead atoms. The third kappa shape index (κ3) is 5.21. The number of amides is 2. The van der Waals surface area contributed by atoms with Crippen molar-refractivity contribution in [2.24, 2.45) is 0 Å². The number of halogens is 2. The molecule has 160 valence electrons. The lowest BCUT2D eigenvalue weighted by atomic mass is 10.2. The van der Waals surface area contributed by atoms with Crippen LogP contribution in [0.2, 0.25) is 0 Å². The highest BCUT2D eigenvalue weighted by atomic mass is 19.1. The van der Waals surface area contributed by atoms with Gasteiger partial charge in [-0.2, -0.15) is 0 Å². The van der Waals surface area contributed by atoms with Crippen LogP contribution in [0.3, 0.4) is 0 Å². The first-order chi connectivity index (χ1) is 14.5. The second-order valence-corrected chi connectivity index (χ2v) is 7.74. The standard InChI is InChI=1S/C21H24F2N4O3/c22-14-1-4-16(17(23)11-14)18-12-24-20(30-18)5-6-21(29)27-9-7-26(8-10-27)13-19(28)25-15-2-3-15/h1,4,11-12,15H,2-3,5-10,13H2,(H,25,28). The smallest absolute Gasteiger partial charge is 0.234 e. The molecule has 2 aliphatic rings. The maximum absolute atomic E-state index is 13.9. The van der Waals surface area contributed by atoms with E-state index >= 15 is 0 Å². The van der Waals surface area contributed by atoms with Crippen molar-refractivity contribution in [2.75, 3.05) is 32.7 Å². The number of aryl methyl sites for hydroxylation is 1. The molecule has 2 fully saturated rings. The Balaban J connectivity index is 1.22. The maximum Gasteiger partial charge on any atom is 0.234 e. The van der Waals surface area contributed by atoms with E-state index in [4.69, 9.17) is 4.42 Å². The van der Waals surface area contributed by atoms with E-state index in [0.717, 1.165) is 25.0 Å². The highest BCUT2D eigenvalue weighted by Crippen LogP contribution is 2.24. The van der Waals surface area contributed by atoms with Crippen molar-refractivity contribution in [3.8, 4) is 11.3 Å². The lowest BCUT2D eigenvalue weighted by Crippen LogP contribution is -2.51. The summed E-state index contributed by atoms with van der Waals surface area (Å²) in [7, 11) is 0. The van der Waals surface area contributed by atoms with Crippen LogP contribution in [-0.2, 0) is 16.0 Å². The fraction of sp³-hybridized carbons (Fsp3) is 0.476. The molecule has 1 aromatic heterocycles. The maximum atomic E-state index is 13.9. The van der Waals surface area contributed by atoms with Gasteiger partial charge in [0.2, 0.25) is 11.8 Å². The molecule has 0 spiro atoms. The quantitative estimate of drug-likeness (QED) is 0.744. The number of aromatic nitrogens is 1. The number of benzene rings is 1. The van der Waals surface area contributed by atoms with Crippen LogP contribution in [0.1, 0.15) is 25.2 Å². The van der Waals surface area contributed by atoms with Crippen LogP contribution in [0.5, 0.6) is 0 Å². The summed E-state index contributed by atoms with van der Waals surface area (Å²) in [5.74, 6) is -0.812. The number of oxazole rings is 1. The largest absolute Gasteiger partial charge is 0.441 e. The van der Waals surface area contributed by atoms with Crippen LogP contribution in [0.25, 0.3) is 11.3 Å². The summed E-state index contributed by atoms with van der Waals surface area (Å²) in [6.07, 6.45) is 4.04. The highest BCUT2D eigenvalue weighted by Gasteiger charge is 2.26. The van der Waals surface area contributed by atoms with Crippen LogP contribution in [0.15, 0.2) is 28.8 Å². The summed E-state index contributed by atoms with van der Waals surface area (Å²) in [5, 5.41) is 2.97. The lowest BCUT2D eigenvalue weighted by Gasteiger charge is -2.34. The SMILES string of the molecule is O=C(CN1CCN(C(=O)CCc2ncc(-c3ccc(F)cc3F)o2)CC1)NC1CC1. The van der Waals surface area contributed by atoms with Gasteiger partial charge >= 0.3 is 0 Å². The molecule has 0 unspecified atom stereocenters. The van der Waals surface area contributed by atoms with Crippen molar-refractivity contribution in [3.63, 3.8) is 0 Å². The highest BCUT2D eigenvalue weighted by molar-refractivity contribution is 5.79. The van der Waals surface area contributed by atoms with Crippen molar-refractivity contribution in [2.45, 2.75) is 31.7 Å². The Bertz CT molecular complexity index is 921. The summed E-state index contributed by atoms with van der Waals surface area (Å²) in [6.45, 7) is 2.85. The van der Waals surface area contributed by atoms with Gasteiger partial charge in [-0.3, -0.25) is 14.5 Å². The number of hydrogen-bond acceptors (Lipinski definition) is 5. The summed E-state index contributed by atoms with van der Waals surface area (Å²) < 4.78 is 32.4. The van der Waals surface area contributed by atoms with Gasteiger partial charge in [0.25, 0.3) is 0 Å². The van der Waals surface area contributed by atoms with E-state index in [1.54, 1.807) is 4.90 Å². The van der Waals surface area contributed by atoms with E-state index in [0.29, 0.717) is 51.1 Å². The van der Waals surface area contributed by atoms with E-state index < -0.39 is 11.6 Å². The normalized spacial score (nSPS) is 17.2. The molecule has 2 heterocycles. The minimum Gasteiger partial charge on any atom is -0.441 e. The summed E-state index contributed by atoms with van der Waals surface area (Å²) >= 11 is 0. The molecule has 7 nitrogen and oxygen atoms in total. The van der Waals surface area contributed by atoms with Gasteiger partial charge in [0.05, 0.1) is 18.3 Å². The molecule has 1 aliphatic carbocycles. The Morgan fingerprint density at radius 2 is 1.93 bits per heavy atom. The van der Waals surface area contributed by atoms with Crippen LogP contribution in [0.4, 0.5) is 8.78 Å². The minimum atomic E-state index is -0.725. The fourth-order valence-corrected chi connectivity index (χ4v) is 3.47. The van der Waals surface area contributed by atoms with E-state index in [9.17, 15) is 18.4 Å². The number of piperazine rings is 1. The van der Waals surface area contributed by atoms with Crippen molar-refractivity contribution >= 4 is 11.8 Å². The molecule has 4 rings (SSSR count). The zero-order valence-electron chi connectivity index (χ0n) is 16.6. The molecule has 0 atom stereocenters. The number of nitrogens with zero attached hydrogens (tertiary/aromatic N) is 3. The van der Waals surface area contributed by atoms with Crippen molar-refractivity contribution in [1.29, 1.82) is 0 Å². The molecule has 1 aromatic carbocycles. The van der Waals surface area contributed by atoms with Gasteiger partial charge in [0.15, 0.2) is 11.7 Å². The molecule has 1 N–H and O–H groups in total. The molecule has 1 saturated heterocycles. The summed E-state index contributed by atoms with van der Waals surface area (Å²) in [4.78, 5) is 32.3. The van der Waals surface area contributed by atoms with Gasteiger partial charge in [0, 0.05) is 51.1 Å². The first kappa shape index (κ1) is 20.5. The van der Waals surface area contributed by atoms with E-state index in [1.807, 2.05) is 0 Å². The molecular formula is C21H24F2N4O3. The van der Waals surface area contributed by atoms with Crippen LogP contribution in [0, 0.1) is 11.6 Å². The zero-order valence-corrected chi connectivity index (χ0v) is 16.6. The summed E-state index contributed by atoms with van der Waals surface area (Å²) in [5.41, 5.74) is 0.128. The van der Waals surface area contributed by atoms with Crippen molar-refractivity contribution in [1.82, 2.24) is 20.1 Å². The first-order valence-electron chi connectivity index (χ1n) is 10.2. The van der Waals surface area contributed by atoms with Gasteiger partial charge < -0.3 is 14.6 Å². The predicted molar refractivity (Wildman–Crippen MR) is 104 cm³/mol. The van der Waals surface area contributed by atoms with E-state index in [1.165, 1.54) is 12.3 Å². The Morgan fingerprint density at radius 3 is 2.63 bits per heavy atom. The van der Waals surface area contributed by atoms with Gasteiger partial charge in [0.1, 0.15) is 11.6 Å². The van der Waals surface area contributed by atoms with E-state index in [2.05, 4.69) is 15.2 Å². The van der Waals surface area contributed by atoms with Gasteiger partial charge in [-0.1, -0.05) is 0 Å². The molecule has 1 aliphatic heterocycles. The molecule has 2 aromatic rings. The number of hydrogen-bond donors (Lipinski definition) is 1. The van der Waals surface area contributed by atoms with Crippen LogP contribution >= 0.6 is 0 Å². The minimum absolute atomic E-state index is 0.00945. The molecule has 0 radical (unpaired) electrons. The molecule has 9 heteroatoms. The number of rotatable bonds is 7. The topological polar surface area (TPSA) is 78.7 Å². The summed E-state index contributed by atoms with van der Waals surface area (Å²) in [6, 6.07) is 3.59. The molecule has 30 heavy (non-hydrogen) atoms. The van der Waals surface area contributed by atoms with Gasteiger partial charge in [-0.05, 0) is 25.0 Å². The number of carbonyl (C=O) groups is 2. The van der Waals surface area contributed by atoms with Crippen molar-refractivity contribution < 1.29 is 22.8 Å². The van der Waals surface area contributed by atoms with Gasteiger partial charge in [-0.15, -0.1) is 0 Å². The lowest BCUT2D eigenvalue weighted by molar-refractivity contribution is -0.133. The second kappa shape index (κ2) is 8.91. The Labute approximate surface area is 173 Å². The molecule has 2 amide bonds. The van der Waals surface area contributed by atoms with E-state index in [-0.39, 0.29) is 29.6 Å². The Hall–Kier alpha value is -2.81. The average molecular weight is 418 g/mol. The van der Waals surface area contributed by atoms with Crippen LogP contribution < -0.4 is 5.32 Å². The van der Waals surface area contributed by atoms with Gasteiger partial charge in [-0.25, -0.2) is 13.8 Å². The van der Waals surface area contributed by atoms with Crippen LogP contribution in [-0.4, -0.2) is 65.4 Å². The monoisotopic (exact) mass is 418 g/mol. The second-order valence-electron chi connectivity index (χ2n) is 7.74. The van der Waals surface area contributed by atoms with Crippen molar-refractivity contribution in [3.05, 3.63) is 41.9 Å². The number of carbonyl (C=O) groups excluding carboxylic acids is 2. The molecule has 1 saturated carbocycles. The Kier molecular flexibility index (Phi) is 6.08. The molecular weight excluding hydrogens is 394 g/mol. The first-order valence-corrected chi connectivity index (χ1v) is 10.2. The third-order valence-corrected chi connectivity index (χ3v) is 5.34. The zero-order chi connectivity index (χ0) is 21.1. The number of nitrogens with one attached hydrogen (secondary N) is 1. The third-order valence-electron chi connectivity index (χ3n) is 5.34. The fourth-order valence-electron chi connectivity index (χ4n) is 3.47. The predicted octanol–water partition coefficient (Wildman–Crippen LogP) is 1.98.